The highest BCUT2D eigenvalue weighted by atomic mass is 16.4. The number of benzene rings is 1. The fourth-order valence-corrected chi connectivity index (χ4v) is 4.43. The Hall–Kier alpha value is -2.96. The first-order valence-corrected chi connectivity index (χ1v) is 8.81. The Balaban J connectivity index is 1.61. The van der Waals surface area contributed by atoms with Gasteiger partial charge in [-0.1, -0.05) is 18.2 Å². The highest BCUT2D eigenvalue weighted by Gasteiger charge is 2.52. The average Bonchev–Trinajstić information content (AvgIpc) is 3.14. The van der Waals surface area contributed by atoms with Gasteiger partial charge in [0.1, 0.15) is 6.33 Å². The molecule has 1 spiro atoms. The molecule has 26 heavy (non-hydrogen) atoms. The van der Waals surface area contributed by atoms with Crippen molar-refractivity contribution >= 4 is 28.6 Å². The predicted molar refractivity (Wildman–Crippen MR) is 97.3 cm³/mol. The number of aryl methyl sites for hydroxylation is 1. The Morgan fingerprint density at radius 2 is 2.08 bits per heavy atom. The average molecular weight is 349 g/mol. The Morgan fingerprint density at radius 1 is 1.23 bits per heavy atom. The number of piperidine rings is 1. The van der Waals surface area contributed by atoms with E-state index >= 15 is 0 Å². The van der Waals surface area contributed by atoms with Crippen LogP contribution < -0.4 is 9.80 Å². The fourth-order valence-electron chi connectivity index (χ4n) is 4.43. The maximum Gasteiger partial charge on any atom is 0.252 e. The van der Waals surface area contributed by atoms with Crippen LogP contribution in [0.4, 0.5) is 11.5 Å². The Kier molecular flexibility index (Phi) is 3.10. The first-order valence-electron chi connectivity index (χ1n) is 8.81. The van der Waals surface area contributed by atoms with Crippen LogP contribution in [0.25, 0.3) is 11.2 Å². The third-order valence-corrected chi connectivity index (χ3v) is 5.57. The molecule has 1 amide bonds. The molecule has 7 nitrogen and oxygen atoms in total. The van der Waals surface area contributed by atoms with Crippen molar-refractivity contribution < 1.29 is 9.21 Å². The second kappa shape index (κ2) is 5.27. The molecule has 3 aromatic rings. The molecule has 132 valence electrons. The lowest BCUT2D eigenvalue weighted by molar-refractivity contribution is -0.123. The van der Waals surface area contributed by atoms with E-state index in [1.54, 1.807) is 11.8 Å². The van der Waals surface area contributed by atoms with Gasteiger partial charge in [0.25, 0.3) is 5.71 Å². The predicted octanol–water partition coefficient (Wildman–Crippen LogP) is 2.44. The number of carbonyl (C=O) groups is 1. The van der Waals surface area contributed by atoms with Crippen LogP contribution >= 0.6 is 0 Å². The van der Waals surface area contributed by atoms with Crippen molar-refractivity contribution in [1.82, 2.24) is 15.0 Å². The van der Waals surface area contributed by atoms with Crippen LogP contribution in [0, 0.1) is 6.92 Å². The monoisotopic (exact) mass is 349 g/mol. The number of likely N-dealkylation sites (N-methyl/N-ethyl adjacent to an activating group) is 1. The summed E-state index contributed by atoms with van der Waals surface area (Å²) in [7, 11) is 1.86. The molecule has 1 fully saturated rings. The zero-order valence-corrected chi connectivity index (χ0v) is 14.8. The topological polar surface area (TPSA) is 75.4 Å². The van der Waals surface area contributed by atoms with Crippen molar-refractivity contribution in [2.75, 3.05) is 29.9 Å². The lowest BCUT2D eigenvalue weighted by Crippen LogP contribution is -2.51. The molecule has 0 saturated carbocycles. The van der Waals surface area contributed by atoms with E-state index < -0.39 is 5.41 Å². The largest absolute Gasteiger partial charge is 0.422 e. The lowest BCUT2D eigenvalue weighted by Gasteiger charge is -2.39. The van der Waals surface area contributed by atoms with Crippen molar-refractivity contribution in [3.63, 3.8) is 0 Å². The lowest BCUT2D eigenvalue weighted by atomic mass is 9.75. The first kappa shape index (κ1) is 15.3. The van der Waals surface area contributed by atoms with E-state index in [0.29, 0.717) is 23.7 Å². The standard InChI is InChI=1S/C19H19N5O2/c1-12-22-15-16(20-11-21-17(15)26-12)24-9-5-8-19(10-24)13-6-3-4-7-14(13)23(2)18(19)25/h3-4,6-7,11H,5,8-10H2,1-2H3/t19-/m1/s1. The van der Waals surface area contributed by atoms with Gasteiger partial charge >= 0.3 is 0 Å². The fraction of sp³-hybridized carbons (Fsp3) is 0.368. The molecule has 5 rings (SSSR count). The van der Waals surface area contributed by atoms with Gasteiger partial charge in [0.15, 0.2) is 17.2 Å². The van der Waals surface area contributed by atoms with Crippen molar-refractivity contribution in [2.24, 2.45) is 0 Å². The molecule has 7 heteroatoms. The van der Waals surface area contributed by atoms with Gasteiger partial charge in [-0.25, -0.2) is 9.97 Å². The van der Waals surface area contributed by atoms with Crippen LogP contribution in [0.5, 0.6) is 0 Å². The van der Waals surface area contributed by atoms with E-state index in [1.807, 2.05) is 25.2 Å². The first-order chi connectivity index (χ1) is 12.6. The minimum absolute atomic E-state index is 0.157. The number of fused-ring (bicyclic) bond motifs is 3. The summed E-state index contributed by atoms with van der Waals surface area (Å²) in [5.41, 5.74) is 2.74. The minimum atomic E-state index is -0.528. The number of aromatic nitrogens is 3. The number of carbonyl (C=O) groups excluding carboxylic acids is 1. The summed E-state index contributed by atoms with van der Waals surface area (Å²) >= 11 is 0. The number of rotatable bonds is 1. The van der Waals surface area contributed by atoms with Gasteiger partial charge in [0.05, 0.1) is 5.41 Å². The third kappa shape index (κ3) is 1.94. The molecule has 0 unspecified atom stereocenters. The molecular weight excluding hydrogens is 330 g/mol. The molecule has 2 aliphatic rings. The van der Waals surface area contributed by atoms with E-state index in [0.717, 1.165) is 36.5 Å². The number of hydrogen-bond acceptors (Lipinski definition) is 6. The molecule has 0 aliphatic carbocycles. The number of hydrogen-bond donors (Lipinski definition) is 0. The highest BCUT2D eigenvalue weighted by molar-refractivity contribution is 6.08. The normalized spacial score (nSPS) is 22.5. The van der Waals surface area contributed by atoms with Crippen molar-refractivity contribution in [3.8, 4) is 0 Å². The number of nitrogens with zero attached hydrogens (tertiary/aromatic N) is 5. The molecule has 2 aliphatic heterocycles. The number of para-hydroxylation sites is 1. The van der Waals surface area contributed by atoms with Crippen LogP contribution in [-0.2, 0) is 10.2 Å². The maximum atomic E-state index is 13.2. The van der Waals surface area contributed by atoms with Gasteiger partial charge in [-0.05, 0) is 24.5 Å². The molecule has 0 bridgehead atoms. The van der Waals surface area contributed by atoms with Crippen molar-refractivity contribution in [3.05, 3.63) is 42.0 Å². The SMILES string of the molecule is Cc1nc2c(N3CCC[C@]4(C3)C(=O)N(C)c3ccccc34)ncnc2o1. The zero-order chi connectivity index (χ0) is 17.9. The van der Waals surface area contributed by atoms with Gasteiger partial charge in [-0.2, -0.15) is 4.98 Å². The minimum Gasteiger partial charge on any atom is -0.422 e. The van der Waals surface area contributed by atoms with Gasteiger partial charge in [0.2, 0.25) is 5.91 Å². The van der Waals surface area contributed by atoms with Gasteiger partial charge < -0.3 is 14.2 Å². The van der Waals surface area contributed by atoms with E-state index in [2.05, 4.69) is 25.9 Å². The van der Waals surface area contributed by atoms with Gasteiger partial charge in [-0.3, -0.25) is 4.79 Å². The number of amides is 1. The van der Waals surface area contributed by atoms with Crippen molar-refractivity contribution in [1.29, 1.82) is 0 Å². The summed E-state index contributed by atoms with van der Waals surface area (Å²) in [5, 5.41) is 0. The molecular formula is C19H19N5O2. The van der Waals surface area contributed by atoms with Gasteiger partial charge in [-0.15, -0.1) is 0 Å². The van der Waals surface area contributed by atoms with E-state index in [9.17, 15) is 4.79 Å². The summed E-state index contributed by atoms with van der Waals surface area (Å²) < 4.78 is 5.55. The smallest absolute Gasteiger partial charge is 0.252 e. The molecule has 2 aromatic heterocycles. The maximum absolute atomic E-state index is 13.2. The Morgan fingerprint density at radius 3 is 2.96 bits per heavy atom. The second-order valence-corrected chi connectivity index (χ2v) is 7.07. The summed E-state index contributed by atoms with van der Waals surface area (Å²) in [6.07, 6.45) is 3.26. The van der Waals surface area contributed by atoms with E-state index in [4.69, 9.17) is 4.42 Å². The summed E-state index contributed by atoms with van der Waals surface area (Å²) in [6.45, 7) is 3.22. The molecule has 0 N–H and O–H groups in total. The van der Waals surface area contributed by atoms with Gasteiger partial charge in [0, 0.05) is 32.7 Å². The molecule has 1 saturated heterocycles. The third-order valence-electron chi connectivity index (χ3n) is 5.57. The number of oxazole rings is 1. The number of anilines is 2. The van der Waals surface area contributed by atoms with E-state index in [1.165, 1.54) is 6.33 Å². The molecule has 1 aromatic carbocycles. The van der Waals surface area contributed by atoms with Crippen LogP contribution in [0.1, 0.15) is 24.3 Å². The Labute approximate surface area is 150 Å². The second-order valence-electron chi connectivity index (χ2n) is 7.07. The molecule has 0 radical (unpaired) electrons. The van der Waals surface area contributed by atoms with Crippen molar-refractivity contribution in [2.45, 2.75) is 25.2 Å². The van der Waals surface area contributed by atoms with Crippen LogP contribution in [0.3, 0.4) is 0 Å². The molecule has 1 atom stereocenters. The van der Waals surface area contributed by atoms with Crippen LogP contribution in [0.15, 0.2) is 35.0 Å². The van der Waals surface area contributed by atoms with Crippen LogP contribution in [0.2, 0.25) is 0 Å². The van der Waals surface area contributed by atoms with E-state index in [-0.39, 0.29) is 5.91 Å². The quantitative estimate of drug-likeness (QED) is 0.672. The summed E-state index contributed by atoms with van der Waals surface area (Å²) in [6, 6.07) is 8.09. The summed E-state index contributed by atoms with van der Waals surface area (Å²) in [5.74, 6) is 1.46. The zero-order valence-electron chi connectivity index (χ0n) is 14.8. The molecule has 4 heterocycles. The summed E-state index contributed by atoms with van der Waals surface area (Å²) in [4.78, 5) is 30.2. The Bertz CT molecular complexity index is 1030. The highest BCUT2D eigenvalue weighted by Crippen LogP contribution is 2.47. The van der Waals surface area contributed by atoms with Crippen LogP contribution in [-0.4, -0.2) is 41.0 Å².